The summed E-state index contributed by atoms with van der Waals surface area (Å²) in [5.74, 6) is -3.97. The van der Waals surface area contributed by atoms with E-state index in [-0.39, 0.29) is 43.7 Å². The molecule has 15 nitrogen and oxygen atoms in total. The lowest BCUT2D eigenvalue weighted by atomic mass is 9.85. The van der Waals surface area contributed by atoms with Crippen molar-refractivity contribution in [2.45, 2.75) is 83.5 Å². The number of amides is 2. The van der Waals surface area contributed by atoms with E-state index in [1.54, 1.807) is 38.3 Å². The lowest BCUT2D eigenvalue weighted by molar-refractivity contribution is -0.189. The van der Waals surface area contributed by atoms with Crippen LogP contribution < -0.4 is 16.2 Å². The molecule has 0 aliphatic carbocycles. The molecule has 1 unspecified atom stereocenters. The van der Waals surface area contributed by atoms with Crippen molar-refractivity contribution >= 4 is 40.8 Å². The Balaban J connectivity index is 1.26. The van der Waals surface area contributed by atoms with Crippen LogP contribution in [0, 0.1) is 0 Å². The van der Waals surface area contributed by atoms with E-state index in [4.69, 9.17) is 19.2 Å². The van der Waals surface area contributed by atoms with Crippen molar-refractivity contribution in [1.29, 1.82) is 0 Å². The van der Waals surface area contributed by atoms with Crippen molar-refractivity contribution in [3.8, 4) is 11.4 Å². The maximum Gasteiger partial charge on any atom is 0.409 e. The van der Waals surface area contributed by atoms with Gasteiger partial charge in [0.2, 0.25) is 5.60 Å². The first kappa shape index (κ1) is 33.6. The second-order valence-electron chi connectivity index (χ2n) is 13.2. The molecular formula is C34H37N5O10. The van der Waals surface area contributed by atoms with Gasteiger partial charge in [0.1, 0.15) is 24.8 Å². The molecule has 0 radical (unpaired) electrons. The van der Waals surface area contributed by atoms with Crippen LogP contribution in [0.25, 0.3) is 22.3 Å². The SMILES string of the molecule is CC[C@@]1(OC(=O)CNC(=O)C(NC(=O)OC(C)(C)C)N2CCC[C@H]2C(=O)O)C(=O)OCc2c1cc1n(c2=O)Cc2cc3ccccc3nc2-1. The summed E-state index contributed by atoms with van der Waals surface area (Å²) in [4.78, 5) is 84.6. The average Bonchev–Trinajstić information content (AvgIpc) is 3.67. The van der Waals surface area contributed by atoms with Gasteiger partial charge in [-0.2, -0.15) is 0 Å². The smallest absolute Gasteiger partial charge is 0.409 e. The number of carbonyl (C=O) groups excluding carboxylic acids is 4. The second kappa shape index (κ2) is 12.6. The summed E-state index contributed by atoms with van der Waals surface area (Å²) in [5, 5.41) is 15.4. The standard InChI is InChI=1S/C34H37N5O10/c1-5-34(48-25(40)15-35-28(41)27(37-32(46)49-33(2,3)4)38-12-8-11-23(38)30(43)44)21-14-24-26-19(13-18-9-6-7-10-22(18)36-26)16-39(24)29(42)20(21)17-47-31(34)45/h6-7,9-10,13-14,23,27H,5,8,11-12,15-17H2,1-4H3,(H,35,41)(H,37,46)(H,43,44)/t23-,27?,34-/m0/s1. The molecule has 49 heavy (non-hydrogen) atoms. The van der Waals surface area contributed by atoms with E-state index in [2.05, 4.69) is 10.6 Å². The third-order valence-corrected chi connectivity index (χ3v) is 8.89. The number of hydrogen-bond acceptors (Lipinski definition) is 11. The van der Waals surface area contributed by atoms with Crippen molar-refractivity contribution in [2.24, 2.45) is 0 Å². The highest BCUT2D eigenvalue weighted by Gasteiger charge is 2.50. The molecule has 3 aromatic rings. The zero-order chi connectivity index (χ0) is 35.2. The number of ether oxygens (including phenoxy) is 3. The Morgan fingerprint density at radius 2 is 1.92 bits per heavy atom. The number of rotatable bonds is 8. The number of esters is 2. The molecule has 2 aromatic heterocycles. The molecule has 3 aliphatic rings. The lowest BCUT2D eigenvalue weighted by Gasteiger charge is -2.35. The minimum atomic E-state index is -2.00. The molecule has 1 saturated heterocycles. The number of carboxylic acids is 1. The minimum absolute atomic E-state index is 0.0870. The first-order valence-electron chi connectivity index (χ1n) is 16.0. The Hall–Kier alpha value is -5.31. The highest BCUT2D eigenvalue weighted by atomic mass is 16.6. The summed E-state index contributed by atoms with van der Waals surface area (Å²) >= 11 is 0. The molecular weight excluding hydrogens is 638 g/mol. The fraction of sp³-hybridized carbons (Fsp3) is 0.441. The number of para-hydroxylation sites is 1. The molecule has 0 bridgehead atoms. The maximum absolute atomic E-state index is 13.8. The molecule has 258 valence electrons. The number of alkyl carbamates (subject to hydrolysis) is 1. The number of nitrogens with zero attached hydrogens (tertiary/aromatic N) is 3. The fourth-order valence-electron chi connectivity index (χ4n) is 6.65. The third kappa shape index (κ3) is 6.21. The quantitative estimate of drug-likeness (QED) is 0.182. The van der Waals surface area contributed by atoms with Crippen LogP contribution in [0.5, 0.6) is 0 Å². The Bertz CT molecular complexity index is 1950. The summed E-state index contributed by atoms with van der Waals surface area (Å²) in [7, 11) is 0. The van der Waals surface area contributed by atoms with Gasteiger partial charge in [-0.15, -0.1) is 0 Å². The topological polar surface area (TPSA) is 195 Å². The van der Waals surface area contributed by atoms with Gasteiger partial charge in [-0.05, 0) is 58.2 Å². The van der Waals surface area contributed by atoms with E-state index in [0.29, 0.717) is 17.8 Å². The maximum atomic E-state index is 13.8. The Morgan fingerprint density at radius 1 is 1.16 bits per heavy atom. The van der Waals surface area contributed by atoms with E-state index in [1.807, 2.05) is 30.3 Å². The van der Waals surface area contributed by atoms with Gasteiger partial charge in [0, 0.05) is 23.1 Å². The van der Waals surface area contributed by atoms with Crippen LogP contribution in [0.3, 0.4) is 0 Å². The Labute approximate surface area is 280 Å². The van der Waals surface area contributed by atoms with Crippen LogP contribution in [-0.2, 0) is 52.1 Å². The monoisotopic (exact) mass is 675 g/mol. The van der Waals surface area contributed by atoms with E-state index in [9.17, 15) is 33.9 Å². The average molecular weight is 676 g/mol. The lowest BCUT2D eigenvalue weighted by Crippen LogP contribution is -2.60. The number of hydrogen-bond donors (Lipinski definition) is 3. The molecule has 3 aliphatic heterocycles. The summed E-state index contributed by atoms with van der Waals surface area (Å²) in [5.41, 5.74) is -0.371. The summed E-state index contributed by atoms with van der Waals surface area (Å²) in [6, 6.07) is 10.1. The van der Waals surface area contributed by atoms with Gasteiger partial charge < -0.3 is 29.2 Å². The highest BCUT2D eigenvalue weighted by Crippen LogP contribution is 2.41. The molecule has 3 atom stereocenters. The van der Waals surface area contributed by atoms with Gasteiger partial charge in [-0.3, -0.25) is 29.4 Å². The molecule has 3 N–H and O–H groups in total. The van der Waals surface area contributed by atoms with Crippen LogP contribution in [0.4, 0.5) is 4.79 Å². The van der Waals surface area contributed by atoms with Crippen LogP contribution in [0.2, 0.25) is 0 Å². The third-order valence-electron chi connectivity index (χ3n) is 8.89. The number of aliphatic carboxylic acids is 1. The van der Waals surface area contributed by atoms with Crippen molar-refractivity contribution in [2.75, 3.05) is 13.1 Å². The van der Waals surface area contributed by atoms with Crippen LogP contribution in [0.15, 0.2) is 41.2 Å². The number of carbonyl (C=O) groups is 5. The zero-order valence-corrected chi connectivity index (χ0v) is 27.5. The number of benzene rings is 1. The van der Waals surface area contributed by atoms with E-state index in [1.165, 1.54) is 4.90 Å². The van der Waals surface area contributed by atoms with Crippen molar-refractivity contribution in [3.63, 3.8) is 0 Å². The van der Waals surface area contributed by atoms with Crippen molar-refractivity contribution in [1.82, 2.24) is 25.1 Å². The first-order valence-corrected chi connectivity index (χ1v) is 16.0. The summed E-state index contributed by atoms with van der Waals surface area (Å²) in [6.45, 7) is 5.89. The summed E-state index contributed by atoms with van der Waals surface area (Å²) < 4.78 is 18.0. The predicted octanol–water partition coefficient (Wildman–Crippen LogP) is 2.15. The second-order valence-corrected chi connectivity index (χ2v) is 13.2. The molecule has 5 heterocycles. The minimum Gasteiger partial charge on any atom is -0.480 e. The van der Waals surface area contributed by atoms with Crippen LogP contribution >= 0.6 is 0 Å². The largest absolute Gasteiger partial charge is 0.480 e. The fourth-order valence-corrected chi connectivity index (χ4v) is 6.65. The predicted molar refractivity (Wildman–Crippen MR) is 172 cm³/mol. The number of aromatic nitrogens is 2. The number of carboxylic acid groups (broad SMARTS) is 1. The summed E-state index contributed by atoms with van der Waals surface area (Å²) in [6.07, 6.45) is -1.83. The van der Waals surface area contributed by atoms with Gasteiger partial charge in [-0.25, -0.2) is 14.6 Å². The number of nitrogens with one attached hydrogen (secondary N) is 2. The molecule has 1 aromatic carbocycles. The van der Waals surface area contributed by atoms with Gasteiger partial charge in [-0.1, -0.05) is 25.1 Å². The van der Waals surface area contributed by atoms with Gasteiger partial charge in [0.15, 0.2) is 6.17 Å². The number of cyclic esters (lactones) is 1. The normalized spacial score (nSPS) is 20.4. The van der Waals surface area contributed by atoms with Gasteiger partial charge >= 0.3 is 24.0 Å². The van der Waals surface area contributed by atoms with Crippen molar-refractivity contribution in [3.05, 3.63) is 63.4 Å². The van der Waals surface area contributed by atoms with Crippen LogP contribution in [0.1, 0.15) is 63.6 Å². The number of pyridine rings is 2. The molecule has 15 heteroatoms. The van der Waals surface area contributed by atoms with E-state index >= 15 is 0 Å². The Kier molecular flexibility index (Phi) is 8.65. The zero-order valence-electron chi connectivity index (χ0n) is 27.5. The van der Waals surface area contributed by atoms with Gasteiger partial charge in [0.25, 0.3) is 11.5 Å². The molecule has 6 rings (SSSR count). The van der Waals surface area contributed by atoms with Crippen LogP contribution in [-0.4, -0.2) is 80.4 Å². The number of fused-ring (bicyclic) bond motifs is 5. The number of likely N-dealkylation sites (tertiary alicyclic amines) is 1. The van der Waals surface area contributed by atoms with Crippen molar-refractivity contribution < 1.29 is 43.3 Å². The molecule has 0 saturated carbocycles. The van der Waals surface area contributed by atoms with E-state index in [0.717, 1.165) is 16.5 Å². The first-order chi connectivity index (χ1) is 23.2. The Morgan fingerprint density at radius 3 is 2.63 bits per heavy atom. The highest BCUT2D eigenvalue weighted by molar-refractivity contribution is 5.91. The van der Waals surface area contributed by atoms with Gasteiger partial charge in [0.05, 0.1) is 29.0 Å². The molecule has 0 spiro atoms. The molecule has 2 amide bonds. The van der Waals surface area contributed by atoms with E-state index < -0.39 is 65.4 Å². The molecule has 1 fully saturated rings.